The van der Waals surface area contributed by atoms with Crippen molar-refractivity contribution >= 4 is 45.6 Å². The number of methoxy groups -OCH3 is 1. The smallest absolute Gasteiger partial charge is 0.434 e. The zero-order valence-corrected chi connectivity index (χ0v) is 46.0. The van der Waals surface area contributed by atoms with Crippen LogP contribution in [0.15, 0.2) is 104 Å². The summed E-state index contributed by atoms with van der Waals surface area (Å²) in [4.78, 5) is 52.1. The molecule has 29 heteroatoms. The molecule has 6 radical (unpaired) electrons. The lowest BCUT2D eigenvalue weighted by Crippen LogP contribution is -2.35. The third-order valence-corrected chi connectivity index (χ3v) is 13.9. The first-order valence-corrected chi connectivity index (χ1v) is 26.7. The van der Waals surface area contributed by atoms with E-state index in [4.69, 9.17) is 47.7 Å². The largest absolute Gasteiger partial charge is 0.480 e. The van der Waals surface area contributed by atoms with Crippen LogP contribution in [0.5, 0.6) is 17.6 Å². The van der Waals surface area contributed by atoms with Gasteiger partial charge in [-0.15, -0.1) is 0 Å². The molecule has 0 atom stereocenters. The molecule has 2 aliphatic carbocycles. The van der Waals surface area contributed by atoms with E-state index < -0.39 is 46.6 Å². The molecule has 2 saturated carbocycles. The zero-order valence-electron chi connectivity index (χ0n) is 46.0. The van der Waals surface area contributed by atoms with Crippen LogP contribution < -0.4 is 14.2 Å². The molecule has 0 spiro atoms. The molecule has 0 bridgehead atoms. The highest BCUT2D eigenvalue weighted by molar-refractivity contribution is 6.56. The van der Waals surface area contributed by atoms with Gasteiger partial charge < -0.3 is 33.6 Å². The maximum absolute atomic E-state index is 15.5. The third-order valence-electron chi connectivity index (χ3n) is 13.9. The SMILES string of the molecule is CCOc1ncnc(C2CC2)c1-c1nc(OC(O)(O)c2ccc(-c3nc(C(F)(F)F)cn3C(C)C)cc2)c2ncccc2n1.[B]C([B])([B])n1cc(C(F)(F)F)nc1-c1ccc(Cc2nc(-c3c(OC)ncnc3C3CC3)nc3cccnc23)cc1F. The van der Waals surface area contributed by atoms with E-state index in [2.05, 4.69) is 49.8 Å². The standard InChI is InChI=1S/C30H28F3N7O4.C27H18B3F4N7O/c1-4-43-27-22(23(17-7-8-17)35-15-36-27)25-37-20-6-5-13-34-24(20)28(39-25)44-30(41,42)19-11-9-18(10-12-19)26-38-21(29(31,32)33)14-40(26)16(2)3;1-42-25-20(21(14-5-6-14)36-12-37-25)23-38-17-3-2-8-35-22(17)18(39-23)10-13-4-7-15(16(31)9-13)24-40-19(26(32,33)34)11-41(24)27(28,29)30/h5-6,9-17,41-42H,4,7-8H2,1-3H3;2-4,7-9,11-12,14H,5-6,10H2,1H3. The van der Waals surface area contributed by atoms with E-state index in [1.54, 1.807) is 44.3 Å². The van der Waals surface area contributed by atoms with Gasteiger partial charge in [0.25, 0.3) is 0 Å². The molecule has 2 fully saturated rings. The van der Waals surface area contributed by atoms with Crippen LogP contribution in [-0.4, -0.2) is 116 Å². The quantitative estimate of drug-likeness (QED) is 0.0521. The predicted octanol–water partition coefficient (Wildman–Crippen LogP) is 9.45. The van der Waals surface area contributed by atoms with Crippen molar-refractivity contribution in [3.05, 3.63) is 150 Å². The summed E-state index contributed by atoms with van der Waals surface area (Å²) < 4.78 is 115. The number of ether oxygens (including phenoxy) is 3. The van der Waals surface area contributed by atoms with E-state index in [1.165, 1.54) is 73.0 Å². The van der Waals surface area contributed by atoms with E-state index in [0.29, 0.717) is 79.5 Å². The Morgan fingerprint density at radius 3 is 1.79 bits per heavy atom. The highest BCUT2D eigenvalue weighted by atomic mass is 19.4. The number of pyridine rings is 2. The van der Waals surface area contributed by atoms with Gasteiger partial charge in [0, 0.05) is 54.6 Å². The number of aliphatic hydroxyl groups is 2. The summed E-state index contributed by atoms with van der Waals surface area (Å²) >= 11 is 0. The molecule has 10 aromatic rings. The number of halogens is 7. The van der Waals surface area contributed by atoms with Crippen LogP contribution in [0.25, 0.3) is 67.6 Å². The minimum Gasteiger partial charge on any atom is -0.480 e. The first-order chi connectivity index (χ1) is 40.9. The van der Waals surface area contributed by atoms with Crippen molar-refractivity contribution in [1.82, 2.24) is 68.9 Å². The fourth-order valence-corrected chi connectivity index (χ4v) is 9.52. The van der Waals surface area contributed by atoms with Crippen LogP contribution in [-0.2, 0) is 30.0 Å². The molecular formula is C57H46B3F7N14O5. The van der Waals surface area contributed by atoms with Crippen molar-refractivity contribution < 1.29 is 55.2 Å². The van der Waals surface area contributed by atoms with Gasteiger partial charge in [0.05, 0.1) is 76.5 Å². The molecule has 432 valence electrons. The Labute approximate surface area is 488 Å². The van der Waals surface area contributed by atoms with Crippen LogP contribution in [0, 0.1) is 5.82 Å². The first kappa shape index (κ1) is 58.8. The van der Waals surface area contributed by atoms with Crippen LogP contribution in [0.4, 0.5) is 30.7 Å². The molecule has 8 aromatic heterocycles. The van der Waals surface area contributed by atoms with E-state index >= 15 is 4.39 Å². The van der Waals surface area contributed by atoms with Gasteiger partial charge in [-0.1, -0.05) is 23.4 Å². The Balaban J connectivity index is 0.000000179. The number of imidazole rings is 2. The Hall–Kier alpha value is -8.98. The average Bonchev–Trinajstić information content (AvgIpc) is 1.57. The second-order valence-corrected chi connectivity index (χ2v) is 20.6. The van der Waals surface area contributed by atoms with E-state index in [9.17, 15) is 36.6 Å². The molecular weight excluding hydrogens is 1130 g/mol. The van der Waals surface area contributed by atoms with E-state index in [-0.39, 0.29) is 58.5 Å². The summed E-state index contributed by atoms with van der Waals surface area (Å²) in [6.45, 7) is 5.64. The molecule has 2 aromatic carbocycles. The topological polar surface area (TPSA) is 233 Å². The van der Waals surface area contributed by atoms with Crippen molar-refractivity contribution in [2.75, 3.05) is 13.7 Å². The van der Waals surface area contributed by atoms with Gasteiger partial charge in [-0.3, -0.25) is 4.98 Å². The number of benzene rings is 2. The van der Waals surface area contributed by atoms with E-state index in [1.807, 2.05) is 6.92 Å². The fraction of sp³-hybridized carbons (Fsp3) is 0.298. The summed E-state index contributed by atoms with van der Waals surface area (Å²) in [6.07, 6.45) is 1.95. The fourth-order valence-electron chi connectivity index (χ4n) is 9.52. The Kier molecular flexibility index (Phi) is 15.6. The van der Waals surface area contributed by atoms with Crippen molar-refractivity contribution in [3.63, 3.8) is 0 Å². The normalized spacial score (nSPS) is 13.9. The number of fused-ring (bicyclic) bond motifs is 2. The van der Waals surface area contributed by atoms with Crippen molar-refractivity contribution in [2.45, 2.75) is 94.3 Å². The minimum atomic E-state index is -4.83. The molecule has 2 aliphatic rings. The molecule has 0 unspecified atom stereocenters. The highest BCUT2D eigenvalue weighted by Gasteiger charge is 2.39. The van der Waals surface area contributed by atoms with Crippen LogP contribution in [0.1, 0.15) is 104 Å². The molecule has 0 saturated heterocycles. The summed E-state index contributed by atoms with van der Waals surface area (Å²) in [7, 11) is 18.5. The van der Waals surface area contributed by atoms with Gasteiger partial charge in [-0.2, -0.15) is 31.3 Å². The Morgan fingerprint density at radius 1 is 0.651 bits per heavy atom. The number of aromatic nitrogens is 14. The van der Waals surface area contributed by atoms with Gasteiger partial charge in [-0.25, -0.2) is 54.2 Å². The summed E-state index contributed by atoms with van der Waals surface area (Å²) in [6, 6.07) is 16.1. The number of rotatable bonds is 16. The van der Waals surface area contributed by atoms with Crippen molar-refractivity contribution in [2.24, 2.45) is 0 Å². The summed E-state index contributed by atoms with van der Waals surface area (Å²) in [5, 5.41) is 19.9. The Bertz CT molecular complexity index is 4180. The maximum Gasteiger partial charge on any atom is 0.434 e. The van der Waals surface area contributed by atoms with E-state index in [0.717, 1.165) is 43.3 Å². The highest BCUT2D eigenvalue weighted by Crippen LogP contribution is 2.47. The average molecular weight is 1170 g/mol. The zero-order chi connectivity index (χ0) is 61.0. The summed E-state index contributed by atoms with van der Waals surface area (Å²) in [5.41, 5.74) is 2.73. The monoisotopic (exact) mass is 1170 g/mol. The second-order valence-electron chi connectivity index (χ2n) is 20.6. The molecule has 12 rings (SSSR count). The number of hydrogen-bond donors (Lipinski definition) is 2. The lowest BCUT2D eigenvalue weighted by molar-refractivity contribution is -0.305. The maximum atomic E-state index is 15.5. The third kappa shape index (κ3) is 12.1. The van der Waals surface area contributed by atoms with Gasteiger partial charge >= 0.3 is 18.3 Å². The number of hydrogen-bond acceptors (Lipinski definition) is 17. The molecule has 8 heterocycles. The Morgan fingerprint density at radius 2 is 1.22 bits per heavy atom. The lowest BCUT2D eigenvalue weighted by Gasteiger charge is -2.25. The van der Waals surface area contributed by atoms with Crippen molar-refractivity contribution in [3.8, 4) is 63.2 Å². The second kappa shape index (κ2) is 22.8. The first-order valence-electron chi connectivity index (χ1n) is 26.7. The van der Waals surface area contributed by atoms with Crippen LogP contribution >= 0.6 is 0 Å². The molecule has 0 amide bonds. The van der Waals surface area contributed by atoms with Gasteiger partial charge in [0.1, 0.15) is 46.8 Å². The molecule has 2 N–H and O–H groups in total. The van der Waals surface area contributed by atoms with Gasteiger partial charge in [-0.05, 0) is 101 Å². The van der Waals surface area contributed by atoms with Gasteiger partial charge in [0.15, 0.2) is 28.6 Å². The predicted molar refractivity (Wildman–Crippen MR) is 299 cm³/mol. The molecule has 19 nitrogen and oxygen atoms in total. The molecule has 0 aliphatic heterocycles. The number of alkyl halides is 6. The number of nitrogens with zero attached hydrogens (tertiary/aromatic N) is 14. The van der Waals surface area contributed by atoms with Crippen molar-refractivity contribution in [1.29, 1.82) is 0 Å². The lowest BCUT2D eigenvalue weighted by atomic mass is 9.49. The summed E-state index contributed by atoms with van der Waals surface area (Å²) in [5.74, 6) is -2.82. The minimum absolute atomic E-state index is 0.0820. The van der Waals surface area contributed by atoms with Crippen LogP contribution in [0.2, 0.25) is 0 Å². The molecule has 86 heavy (non-hydrogen) atoms. The van der Waals surface area contributed by atoms with Crippen LogP contribution in [0.3, 0.4) is 0 Å². The van der Waals surface area contributed by atoms with Gasteiger partial charge in [0.2, 0.25) is 17.6 Å².